The van der Waals surface area contributed by atoms with Crippen molar-refractivity contribution in [2.45, 2.75) is 43.5 Å². The summed E-state index contributed by atoms with van der Waals surface area (Å²) >= 11 is 1.53. The van der Waals surface area contributed by atoms with Gasteiger partial charge in [0.15, 0.2) is 6.04 Å². The zero-order chi connectivity index (χ0) is 19.2. The summed E-state index contributed by atoms with van der Waals surface area (Å²) in [6, 6.07) is 11.2. The van der Waals surface area contributed by atoms with Gasteiger partial charge in [0.1, 0.15) is 10.7 Å². The number of aromatic nitrogens is 2. The van der Waals surface area contributed by atoms with E-state index in [1.165, 1.54) is 22.0 Å². The van der Waals surface area contributed by atoms with E-state index in [-0.39, 0.29) is 18.5 Å². The molecule has 0 spiro atoms. The lowest BCUT2D eigenvalue weighted by Crippen LogP contribution is -2.28. The molecule has 1 aliphatic carbocycles. The van der Waals surface area contributed by atoms with Gasteiger partial charge < -0.3 is 9.47 Å². The standard InChI is InChI=1S/C20H24N2O4S/c1-3-25-19(23)16-12-17(27-13-14-8-6-5-7-9-14)21-22(16)18(15-10-11-15)20(24)26-4-2/h5-9,12,15,18H,3-4,10-11,13H2,1-2H3. The summed E-state index contributed by atoms with van der Waals surface area (Å²) in [4.78, 5) is 24.9. The Balaban J connectivity index is 1.86. The zero-order valence-corrected chi connectivity index (χ0v) is 16.4. The summed E-state index contributed by atoms with van der Waals surface area (Å²) in [5, 5.41) is 5.26. The number of carbonyl (C=O) groups is 2. The molecule has 0 bridgehead atoms. The van der Waals surface area contributed by atoms with Crippen molar-refractivity contribution < 1.29 is 19.1 Å². The Hall–Kier alpha value is -2.28. The number of esters is 2. The maximum atomic E-state index is 12.5. The van der Waals surface area contributed by atoms with Gasteiger partial charge in [-0.25, -0.2) is 14.3 Å². The van der Waals surface area contributed by atoms with E-state index in [1.807, 2.05) is 30.3 Å². The van der Waals surface area contributed by atoms with E-state index in [0.717, 1.165) is 18.6 Å². The molecule has 0 amide bonds. The second kappa shape index (κ2) is 9.08. The smallest absolute Gasteiger partial charge is 0.356 e. The minimum atomic E-state index is -0.574. The van der Waals surface area contributed by atoms with Gasteiger partial charge in [0, 0.05) is 11.8 Å². The second-order valence-electron chi connectivity index (χ2n) is 6.34. The lowest BCUT2D eigenvalue weighted by atomic mass is 10.2. The maximum absolute atomic E-state index is 12.5. The average molecular weight is 388 g/mol. The van der Waals surface area contributed by atoms with Gasteiger partial charge in [0.25, 0.3) is 0 Å². The molecule has 1 heterocycles. The van der Waals surface area contributed by atoms with Crippen LogP contribution in [-0.2, 0) is 20.0 Å². The van der Waals surface area contributed by atoms with Crippen LogP contribution in [0, 0.1) is 5.92 Å². The number of rotatable bonds is 9. The van der Waals surface area contributed by atoms with Gasteiger partial charge >= 0.3 is 11.9 Å². The van der Waals surface area contributed by atoms with Gasteiger partial charge in [-0.3, -0.25) is 0 Å². The monoisotopic (exact) mass is 388 g/mol. The van der Waals surface area contributed by atoms with E-state index in [1.54, 1.807) is 19.9 Å². The minimum absolute atomic E-state index is 0.157. The fourth-order valence-corrected chi connectivity index (χ4v) is 3.72. The summed E-state index contributed by atoms with van der Waals surface area (Å²) in [6.07, 6.45) is 1.86. The molecule has 1 unspecified atom stereocenters. The molecule has 0 aliphatic heterocycles. The molecule has 1 aromatic carbocycles. The van der Waals surface area contributed by atoms with Gasteiger partial charge in [-0.2, -0.15) is 5.10 Å². The van der Waals surface area contributed by atoms with Crippen LogP contribution in [0.15, 0.2) is 41.4 Å². The first-order valence-electron chi connectivity index (χ1n) is 9.24. The molecule has 1 aromatic heterocycles. The Morgan fingerprint density at radius 1 is 1.19 bits per heavy atom. The van der Waals surface area contributed by atoms with Crippen molar-refractivity contribution in [3.05, 3.63) is 47.7 Å². The summed E-state index contributed by atoms with van der Waals surface area (Å²) in [5.41, 5.74) is 1.47. The fraction of sp³-hybridized carbons (Fsp3) is 0.450. The quantitative estimate of drug-likeness (QED) is 0.480. The molecule has 7 heteroatoms. The largest absolute Gasteiger partial charge is 0.464 e. The van der Waals surface area contributed by atoms with Crippen LogP contribution in [0.2, 0.25) is 0 Å². The summed E-state index contributed by atoms with van der Waals surface area (Å²) in [6.45, 7) is 4.10. The highest BCUT2D eigenvalue weighted by atomic mass is 32.2. The first-order chi connectivity index (χ1) is 13.1. The highest BCUT2D eigenvalue weighted by Crippen LogP contribution is 2.41. The molecule has 144 valence electrons. The van der Waals surface area contributed by atoms with Crippen LogP contribution in [0.1, 0.15) is 48.8 Å². The van der Waals surface area contributed by atoms with Crippen LogP contribution in [0.4, 0.5) is 0 Å². The van der Waals surface area contributed by atoms with Crippen molar-refractivity contribution in [3.8, 4) is 0 Å². The van der Waals surface area contributed by atoms with Gasteiger partial charge in [0.2, 0.25) is 0 Å². The van der Waals surface area contributed by atoms with Gasteiger partial charge in [-0.15, -0.1) is 0 Å². The van der Waals surface area contributed by atoms with Crippen molar-refractivity contribution in [1.82, 2.24) is 9.78 Å². The Labute approximate surface area is 163 Å². The third-order valence-corrected chi connectivity index (χ3v) is 5.26. The number of thioether (sulfide) groups is 1. The molecule has 3 rings (SSSR count). The lowest BCUT2D eigenvalue weighted by molar-refractivity contribution is -0.148. The van der Waals surface area contributed by atoms with Crippen molar-refractivity contribution in [2.75, 3.05) is 13.2 Å². The molecule has 0 radical (unpaired) electrons. The van der Waals surface area contributed by atoms with E-state index >= 15 is 0 Å². The molecule has 0 saturated heterocycles. The third-order valence-electron chi connectivity index (χ3n) is 4.29. The summed E-state index contributed by atoms with van der Waals surface area (Å²) in [5.74, 6) is 0.0806. The lowest BCUT2D eigenvalue weighted by Gasteiger charge is -2.17. The minimum Gasteiger partial charge on any atom is -0.464 e. The van der Waals surface area contributed by atoms with Crippen molar-refractivity contribution in [1.29, 1.82) is 0 Å². The first kappa shape index (κ1) is 19.5. The highest BCUT2D eigenvalue weighted by Gasteiger charge is 2.41. The van der Waals surface area contributed by atoms with Crippen molar-refractivity contribution >= 4 is 23.7 Å². The van der Waals surface area contributed by atoms with E-state index in [9.17, 15) is 9.59 Å². The molecule has 1 saturated carbocycles. The van der Waals surface area contributed by atoms with Crippen molar-refractivity contribution in [2.24, 2.45) is 5.92 Å². The van der Waals surface area contributed by atoms with Crippen LogP contribution in [0.5, 0.6) is 0 Å². The second-order valence-corrected chi connectivity index (χ2v) is 7.34. The Bertz CT molecular complexity index is 787. The Morgan fingerprint density at radius 2 is 1.89 bits per heavy atom. The Morgan fingerprint density at radius 3 is 2.52 bits per heavy atom. The van der Waals surface area contributed by atoms with E-state index in [0.29, 0.717) is 17.3 Å². The zero-order valence-electron chi connectivity index (χ0n) is 15.6. The first-order valence-corrected chi connectivity index (χ1v) is 10.2. The highest BCUT2D eigenvalue weighted by molar-refractivity contribution is 7.98. The van der Waals surface area contributed by atoms with Crippen LogP contribution in [0.25, 0.3) is 0 Å². The number of hydrogen-bond acceptors (Lipinski definition) is 6. The molecule has 1 atom stereocenters. The number of carbonyl (C=O) groups excluding carboxylic acids is 2. The fourth-order valence-electron chi connectivity index (χ4n) is 2.88. The normalized spacial score (nSPS) is 14.6. The molecule has 1 fully saturated rings. The number of benzene rings is 1. The molecular formula is C20H24N2O4S. The topological polar surface area (TPSA) is 70.4 Å². The maximum Gasteiger partial charge on any atom is 0.356 e. The molecule has 1 aliphatic rings. The number of hydrogen-bond donors (Lipinski definition) is 0. The van der Waals surface area contributed by atoms with Crippen LogP contribution in [0.3, 0.4) is 0 Å². The Kier molecular flexibility index (Phi) is 6.55. The summed E-state index contributed by atoms with van der Waals surface area (Å²) in [7, 11) is 0. The van der Waals surface area contributed by atoms with E-state index in [2.05, 4.69) is 5.10 Å². The van der Waals surface area contributed by atoms with Gasteiger partial charge in [0.05, 0.1) is 13.2 Å². The van der Waals surface area contributed by atoms with Crippen LogP contribution < -0.4 is 0 Å². The third kappa shape index (κ3) is 4.91. The predicted molar refractivity (Wildman–Crippen MR) is 103 cm³/mol. The van der Waals surface area contributed by atoms with Crippen molar-refractivity contribution in [3.63, 3.8) is 0 Å². The molecular weight excluding hydrogens is 364 g/mol. The van der Waals surface area contributed by atoms with E-state index < -0.39 is 12.0 Å². The number of nitrogens with zero attached hydrogens (tertiary/aromatic N) is 2. The van der Waals surface area contributed by atoms with E-state index in [4.69, 9.17) is 9.47 Å². The predicted octanol–water partition coefficient (Wildman–Crippen LogP) is 3.87. The van der Waals surface area contributed by atoms with Gasteiger partial charge in [-0.1, -0.05) is 42.1 Å². The molecule has 27 heavy (non-hydrogen) atoms. The van der Waals surface area contributed by atoms with Crippen LogP contribution in [-0.4, -0.2) is 34.9 Å². The van der Waals surface area contributed by atoms with Crippen LogP contribution >= 0.6 is 11.8 Å². The summed E-state index contributed by atoms with van der Waals surface area (Å²) < 4.78 is 11.9. The number of ether oxygens (including phenoxy) is 2. The average Bonchev–Trinajstić information content (AvgIpc) is 3.40. The molecule has 2 aromatic rings. The van der Waals surface area contributed by atoms with Gasteiger partial charge in [-0.05, 0) is 38.2 Å². The molecule has 0 N–H and O–H groups in total. The SMILES string of the molecule is CCOC(=O)c1cc(SCc2ccccc2)nn1C(C(=O)OCC)C1CC1. The molecule has 6 nitrogen and oxygen atoms in total.